The fraction of sp³-hybridized carbons (Fsp3) is 0.286. The highest BCUT2D eigenvalue weighted by Crippen LogP contribution is 2.28. The van der Waals surface area contributed by atoms with Gasteiger partial charge in [-0.15, -0.1) is 11.8 Å². The van der Waals surface area contributed by atoms with Crippen molar-refractivity contribution in [2.24, 2.45) is 0 Å². The van der Waals surface area contributed by atoms with Gasteiger partial charge in [-0.1, -0.05) is 18.5 Å². The predicted octanol–water partition coefficient (Wildman–Crippen LogP) is 4.52. The Labute approximate surface area is 122 Å². The molecule has 0 aliphatic rings. The largest absolute Gasteiger partial charge is 0.439 e. The molecule has 0 saturated carbocycles. The van der Waals surface area contributed by atoms with Gasteiger partial charge in [0, 0.05) is 16.9 Å². The number of halogens is 1. The first kappa shape index (κ1) is 14.2. The van der Waals surface area contributed by atoms with Gasteiger partial charge in [-0.2, -0.15) is 4.98 Å². The van der Waals surface area contributed by atoms with Crippen molar-refractivity contribution >= 4 is 23.4 Å². The predicted molar refractivity (Wildman–Crippen MR) is 79.5 cm³/mol. The molecular weight excluding hydrogens is 280 g/mol. The van der Waals surface area contributed by atoms with E-state index in [0.29, 0.717) is 16.9 Å². The van der Waals surface area contributed by atoms with Crippen LogP contribution in [0.5, 0.6) is 11.6 Å². The Hall–Kier alpha value is -1.26. The van der Waals surface area contributed by atoms with Gasteiger partial charge in [-0.05, 0) is 37.4 Å². The molecule has 0 aliphatic carbocycles. The van der Waals surface area contributed by atoms with E-state index in [1.807, 2.05) is 44.4 Å². The number of aryl methyl sites for hydroxylation is 1. The van der Waals surface area contributed by atoms with Gasteiger partial charge in [0.15, 0.2) is 0 Å². The van der Waals surface area contributed by atoms with Gasteiger partial charge < -0.3 is 4.74 Å². The van der Waals surface area contributed by atoms with Crippen LogP contribution in [0.3, 0.4) is 0 Å². The van der Waals surface area contributed by atoms with Gasteiger partial charge in [0.05, 0.1) is 0 Å². The number of hydrogen-bond donors (Lipinski definition) is 0. The molecule has 0 atom stereocenters. The summed E-state index contributed by atoms with van der Waals surface area (Å²) >= 11 is 7.77. The topological polar surface area (TPSA) is 35.0 Å². The highest BCUT2D eigenvalue weighted by atomic mass is 35.5. The first-order chi connectivity index (χ1) is 9.13. The Morgan fingerprint density at radius 1 is 1.21 bits per heavy atom. The number of aromatic nitrogens is 2. The summed E-state index contributed by atoms with van der Waals surface area (Å²) in [7, 11) is 0. The minimum absolute atomic E-state index is 0.447. The van der Waals surface area contributed by atoms with Gasteiger partial charge in [-0.25, -0.2) is 4.98 Å². The summed E-state index contributed by atoms with van der Waals surface area (Å²) in [5.41, 5.74) is 0.757. The molecule has 0 N–H and O–H groups in total. The van der Waals surface area contributed by atoms with E-state index >= 15 is 0 Å². The monoisotopic (exact) mass is 294 g/mol. The number of rotatable bonds is 4. The minimum atomic E-state index is 0.447. The van der Waals surface area contributed by atoms with Crippen LogP contribution in [-0.2, 0) is 6.42 Å². The van der Waals surface area contributed by atoms with Crippen molar-refractivity contribution in [2.75, 3.05) is 6.26 Å². The zero-order valence-corrected chi connectivity index (χ0v) is 12.7. The molecule has 2 aromatic rings. The van der Waals surface area contributed by atoms with E-state index in [4.69, 9.17) is 16.3 Å². The van der Waals surface area contributed by atoms with Gasteiger partial charge in [0.1, 0.15) is 16.7 Å². The van der Waals surface area contributed by atoms with Crippen molar-refractivity contribution in [3.05, 3.63) is 40.8 Å². The molecule has 0 saturated heterocycles. The number of nitrogens with zero attached hydrogens (tertiary/aromatic N) is 2. The van der Waals surface area contributed by atoms with Crippen molar-refractivity contribution in [3.63, 3.8) is 0 Å². The lowest BCUT2D eigenvalue weighted by Gasteiger charge is -2.10. The van der Waals surface area contributed by atoms with Gasteiger partial charge >= 0.3 is 0 Å². The summed E-state index contributed by atoms with van der Waals surface area (Å²) in [6.07, 6.45) is 2.76. The second-order valence-electron chi connectivity index (χ2n) is 3.99. The molecule has 1 heterocycles. The smallest absolute Gasteiger partial charge is 0.226 e. The van der Waals surface area contributed by atoms with Crippen LogP contribution >= 0.6 is 23.4 Å². The lowest BCUT2D eigenvalue weighted by molar-refractivity contribution is 0.454. The summed E-state index contributed by atoms with van der Waals surface area (Å²) in [6.45, 7) is 3.84. The average Bonchev–Trinajstić information content (AvgIpc) is 2.44. The molecule has 0 bridgehead atoms. The molecule has 1 aromatic heterocycles. The zero-order chi connectivity index (χ0) is 13.8. The average molecular weight is 295 g/mol. The van der Waals surface area contributed by atoms with E-state index in [2.05, 4.69) is 9.97 Å². The summed E-state index contributed by atoms with van der Waals surface area (Å²) in [5.74, 6) is 1.96. The Bertz CT molecular complexity index is 572. The van der Waals surface area contributed by atoms with E-state index in [1.54, 1.807) is 11.8 Å². The summed E-state index contributed by atoms with van der Waals surface area (Å²) in [4.78, 5) is 9.75. The van der Waals surface area contributed by atoms with Crippen LogP contribution in [-0.4, -0.2) is 16.2 Å². The summed E-state index contributed by atoms with van der Waals surface area (Å²) in [5, 5.41) is 0.447. The van der Waals surface area contributed by atoms with Crippen molar-refractivity contribution < 1.29 is 4.74 Å². The summed E-state index contributed by atoms with van der Waals surface area (Å²) in [6, 6.07) is 7.87. The molecule has 5 heteroatoms. The van der Waals surface area contributed by atoms with Gasteiger partial charge in [0.25, 0.3) is 0 Å². The maximum absolute atomic E-state index is 6.08. The van der Waals surface area contributed by atoms with Crippen LogP contribution in [0.25, 0.3) is 0 Å². The third kappa shape index (κ3) is 3.39. The maximum Gasteiger partial charge on any atom is 0.226 e. The molecule has 100 valence electrons. The zero-order valence-electron chi connectivity index (χ0n) is 11.1. The highest BCUT2D eigenvalue weighted by molar-refractivity contribution is 7.98. The lowest BCUT2D eigenvalue weighted by Crippen LogP contribution is -2.00. The summed E-state index contributed by atoms with van der Waals surface area (Å²) < 4.78 is 5.79. The fourth-order valence-electron chi connectivity index (χ4n) is 1.52. The van der Waals surface area contributed by atoms with E-state index in [0.717, 1.165) is 17.7 Å². The minimum Gasteiger partial charge on any atom is -0.439 e. The molecule has 0 fully saturated rings. The maximum atomic E-state index is 6.08. The molecule has 0 aliphatic heterocycles. The second-order valence-corrected chi connectivity index (χ2v) is 5.23. The van der Waals surface area contributed by atoms with Crippen molar-refractivity contribution in [1.29, 1.82) is 0 Å². The van der Waals surface area contributed by atoms with Crippen molar-refractivity contribution in [2.45, 2.75) is 25.2 Å². The molecule has 0 amide bonds. The molecule has 1 aromatic carbocycles. The Balaban J connectivity index is 2.28. The number of ether oxygens (including phenoxy) is 1. The van der Waals surface area contributed by atoms with E-state index < -0.39 is 0 Å². The first-order valence-electron chi connectivity index (χ1n) is 5.99. The van der Waals surface area contributed by atoms with Gasteiger partial charge in [-0.3, -0.25) is 0 Å². The van der Waals surface area contributed by atoms with Crippen LogP contribution in [0.1, 0.15) is 18.3 Å². The standard InChI is InChI=1S/C14H15ClN2OS/c1-4-12-16-13(15)9(2)14(17-12)18-10-5-7-11(19-3)8-6-10/h5-8H,4H2,1-3H3. The lowest BCUT2D eigenvalue weighted by atomic mass is 10.3. The number of hydrogen-bond acceptors (Lipinski definition) is 4. The van der Waals surface area contributed by atoms with E-state index in [9.17, 15) is 0 Å². The van der Waals surface area contributed by atoms with Crippen molar-refractivity contribution in [1.82, 2.24) is 9.97 Å². The Morgan fingerprint density at radius 3 is 2.47 bits per heavy atom. The Kier molecular flexibility index (Phi) is 4.66. The number of benzene rings is 1. The quantitative estimate of drug-likeness (QED) is 0.613. The Morgan fingerprint density at radius 2 is 1.89 bits per heavy atom. The van der Waals surface area contributed by atoms with Crippen LogP contribution < -0.4 is 4.74 Å². The third-order valence-corrected chi connectivity index (χ3v) is 3.79. The second kappa shape index (κ2) is 6.26. The first-order valence-corrected chi connectivity index (χ1v) is 7.59. The normalized spacial score (nSPS) is 10.5. The highest BCUT2D eigenvalue weighted by Gasteiger charge is 2.10. The molecule has 2 rings (SSSR count). The molecule has 0 spiro atoms. The van der Waals surface area contributed by atoms with E-state index in [-0.39, 0.29) is 0 Å². The molecule has 19 heavy (non-hydrogen) atoms. The van der Waals surface area contributed by atoms with Gasteiger partial charge in [0.2, 0.25) is 5.88 Å². The van der Waals surface area contributed by atoms with Crippen LogP contribution in [0.15, 0.2) is 29.2 Å². The van der Waals surface area contributed by atoms with Crippen LogP contribution in [0, 0.1) is 6.92 Å². The molecule has 3 nitrogen and oxygen atoms in total. The molecule has 0 unspecified atom stereocenters. The van der Waals surface area contributed by atoms with Crippen LogP contribution in [0.2, 0.25) is 5.15 Å². The molecular formula is C14H15ClN2OS. The van der Waals surface area contributed by atoms with Crippen LogP contribution in [0.4, 0.5) is 0 Å². The number of thioether (sulfide) groups is 1. The molecule has 0 radical (unpaired) electrons. The fourth-order valence-corrected chi connectivity index (χ4v) is 2.11. The van der Waals surface area contributed by atoms with E-state index in [1.165, 1.54) is 4.90 Å². The van der Waals surface area contributed by atoms with Crippen molar-refractivity contribution in [3.8, 4) is 11.6 Å². The third-order valence-electron chi connectivity index (χ3n) is 2.68. The SMILES string of the molecule is CCc1nc(Cl)c(C)c(Oc2ccc(SC)cc2)n1.